The molecule has 160 valence electrons. The quantitative estimate of drug-likeness (QED) is 0.582. The van der Waals surface area contributed by atoms with E-state index in [0.717, 1.165) is 18.4 Å². The highest BCUT2D eigenvalue weighted by atomic mass is 32.2. The maximum atomic E-state index is 12.6. The monoisotopic (exact) mass is 438 g/mol. The molecule has 0 atom stereocenters. The van der Waals surface area contributed by atoms with Crippen molar-refractivity contribution in [2.45, 2.75) is 24.7 Å². The number of anilines is 1. The topological polar surface area (TPSA) is 96.7 Å². The van der Waals surface area contributed by atoms with E-state index in [1.54, 1.807) is 48.5 Å². The van der Waals surface area contributed by atoms with E-state index in [1.807, 2.05) is 0 Å². The lowest BCUT2D eigenvalue weighted by molar-refractivity contribution is 0.0994. The summed E-state index contributed by atoms with van der Waals surface area (Å²) in [6.45, 7) is 2.58. The maximum Gasteiger partial charge on any atom is 0.291 e. The lowest BCUT2D eigenvalue weighted by Crippen LogP contribution is -2.27. The zero-order chi connectivity index (χ0) is 22.0. The van der Waals surface area contributed by atoms with E-state index in [4.69, 9.17) is 4.42 Å². The van der Waals surface area contributed by atoms with E-state index in [1.165, 1.54) is 23.4 Å². The number of carbonyl (C=O) groups excluding carboxylic acids is 2. The Morgan fingerprint density at radius 1 is 0.903 bits per heavy atom. The zero-order valence-corrected chi connectivity index (χ0v) is 17.8. The Labute approximate surface area is 180 Å². The van der Waals surface area contributed by atoms with Gasteiger partial charge >= 0.3 is 0 Å². The summed E-state index contributed by atoms with van der Waals surface area (Å²) in [5.41, 5.74) is 1.82. The van der Waals surface area contributed by atoms with Crippen molar-refractivity contribution in [1.29, 1.82) is 0 Å². The lowest BCUT2D eigenvalue weighted by Gasteiger charge is -2.15. The Balaban J connectivity index is 1.44. The van der Waals surface area contributed by atoms with Crippen LogP contribution >= 0.6 is 0 Å². The van der Waals surface area contributed by atoms with Gasteiger partial charge in [0, 0.05) is 29.9 Å². The summed E-state index contributed by atoms with van der Waals surface area (Å²) < 4.78 is 32.3. The van der Waals surface area contributed by atoms with Gasteiger partial charge in [-0.25, -0.2) is 8.42 Å². The smallest absolute Gasteiger partial charge is 0.291 e. The van der Waals surface area contributed by atoms with Crippen LogP contribution in [0.1, 0.15) is 40.7 Å². The molecule has 1 amide bonds. The number of nitrogens with zero attached hydrogens (tertiary/aromatic N) is 1. The molecular weight excluding hydrogens is 416 g/mol. The molecule has 8 heteroatoms. The minimum absolute atomic E-state index is 0.0229. The summed E-state index contributed by atoms with van der Waals surface area (Å²) in [5, 5.41) is 2.71. The largest absolute Gasteiger partial charge is 0.451 e. The molecule has 2 aromatic carbocycles. The number of Topliss-reactive ketones (excluding diaryl/α,β-unsaturated/α-hetero) is 1. The standard InChI is InChI=1S/C23H22N2O5S/c1-16(26)17-4-6-18(7-5-17)21-12-13-22(30-21)23(27)24-19-8-10-20(11-9-19)31(28,29)25-14-2-3-15-25/h4-13H,2-3,14-15H2,1H3,(H,24,27). The van der Waals surface area contributed by atoms with Crippen molar-refractivity contribution >= 4 is 27.4 Å². The summed E-state index contributed by atoms with van der Waals surface area (Å²) in [4.78, 5) is 24.1. The van der Waals surface area contributed by atoms with Crippen LogP contribution in [0.4, 0.5) is 5.69 Å². The third-order valence-corrected chi connectivity index (χ3v) is 7.13. The first kappa shape index (κ1) is 21.0. The summed E-state index contributed by atoms with van der Waals surface area (Å²) in [7, 11) is -3.49. The second kappa shape index (κ2) is 8.49. The van der Waals surface area contributed by atoms with Gasteiger partial charge in [-0.15, -0.1) is 0 Å². The number of hydrogen-bond acceptors (Lipinski definition) is 5. The minimum atomic E-state index is -3.49. The van der Waals surface area contributed by atoms with Crippen molar-refractivity contribution in [3.63, 3.8) is 0 Å². The molecule has 0 radical (unpaired) electrons. The van der Waals surface area contributed by atoms with Crippen molar-refractivity contribution in [3.8, 4) is 11.3 Å². The Morgan fingerprint density at radius 3 is 2.16 bits per heavy atom. The van der Waals surface area contributed by atoms with Gasteiger partial charge in [0.2, 0.25) is 10.0 Å². The van der Waals surface area contributed by atoms with Gasteiger partial charge in [-0.1, -0.05) is 24.3 Å². The molecule has 1 saturated heterocycles. The molecule has 1 aromatic heterocycles. The Hall–Kier alpha value is -3.23. The van der Waals surface area contributed by atoms with E-state index >= 15 is 0 Å². The minimum Gasteiger partial charge on any atom is -0.451 e. The molecule has 4 rings (SSSR count). The molecule has 31 heavy (non-hydrogen) atoms. The molecule has 0 saturated carbocycles. The molecule has 2 heterocycles. The predicted octanol–water partition coefficient (Wildman–Crippen LogP) is 4.19. The second-order valence-electron chi connectivity index (χ2n) is 7.39. The van der Waals surface area contributed by atoms with Gasteiger partial charge < -0.3 is 9.73 Å². The highest BCUT2D eigenvalue weighted by molar-refractivity contribution is 7.89. The fraction of sp³-hybridized carbons (Fsp3) is 0.217. The molecule has 1 aliphatic heterocycles. The van der Waals surface area contributed by atoms with Gasteiger partial charge in [0.1, 0.15) is 5.76 Å². The van der Waals surface area contributed by atoms with Gasteiger partial charge in [0.05, 0.1) is 4.90 Å². The first-order valence-corrected chi connectivity index (χ1v) is 11.4. The lowest BCUT2D eigenvalue weighted by atomic mass is 10.1. The number of rotatable bonds is 6. The van der Waals surface area contributed by atoms with E-state index in [-0.39, 0.29) is 16.4 Å². The average Bonchev–Trinajstić information content (AvgIpc) is 3.47. The Morgan fingerprint density at radius 2 is 1.55 bits per heavy atom. The Bertz CT molecular complexity index is 1210. The Kier molecular flexibility index (Phi) is 5.75. The van der Waals surface area contributed by atoms with Crippen molar-refractivity contribution in [2.24, 2.45) is 0 Å². The number of benzene rings is 2. The van der Waals surface area contributed by atoms with Crippen molar-refractivity contribution in [1.82, 2.24) is 4.31 Å². The van der Waals surface area contributed by atoms with Gasteiger partial charge in [0.15, 0.2) is 11.5 Å². The molecule has 0 spiro atoms. The van der Waals surface area contributed by atoms with Crippen LogP contribution in [0.2, 0.25) is 0 Å². The summed E-state index contributed by atoms with van der Waals surface area (Å²) in [6, 6.07) is 16.3. The highest BCUT2D eigenvalue weighted by Gasteiger charge is 2.27. The number of amides is 1. The predicted molar refractivity (Wildman–Crippen MR) is 117 cm³/mol. The molecule has 1 fully saturated rings. The first-order chi connectivity index (χ1) is 14.8. The van der Waals surface area contributed by atoms with Crippen molar-refractivity contribution < 1.29 is 22.4 Å². The van der Waals surface area contributed by atoms with Gasteiger partial charge in [-0.2, -0.15) is 4.31 Å². The van der Waals surface area contributed by atoms with E-state index < -0.39 is 15.9 Å². The normalized spacial score (nSPS) is 14.5. The molecule has 1 aliphatic rings. The van der Waals surface area contributed by atoms with Gasteiger partial charge in [0.25, 0.3) is 5.91 Å². The summed E-state index contributed by atoms with van der Waals surface area (Å²) >= 11 is 0. The number of hydrogen-bond donors (Lipinski definition) is 1. The zero-order valence-electron chi connectivity index (χ0n) is 17.0. The summed E-state index contributed by atoms with van der Waals surface area (Å²) in [5.74, 6) is 0.166. The molecular formula is C23H22N2O5S. The average molecular weight is 439 g/mol. The third kappa shape index (κ3) is 4.45. The second-order valence-corrected chi connectivity index (χ2v) is 9.33. The van der Waals surface area contributed by atoms with E-state index in [2.05, 4.69) is 5.32 Å². The molecule has 7 nitrogen and oxygen atoms in total. The SMILES string of the molecule is CC(=O)c1ccc(-c2ccc(C(=O)Nc3ccc(S(=O)(=O)N4CCCC4)cc3)o2)cc1. The molecule has 0 bridgehead atoms. The van der Waals surface area contributed by atoms with E-state index in [9.17, 15) is 18.0 Å². The maximum absolute atomic E-state index is 12.6. The molecule has 0 aliphatic carbocycles. The highest BCUT2D eigenvalue weighted by Crippen LogP contribution is 2.25. The van der Waals surface area contributed by atoms with Crippen LogP contribution in [0.3, 0.4) is 0 Å². The van der Waals surface area contributed by atoms with E-state index in [0.29, 0.717) is 30.1 Å². The number of sulfonamides is 1. The number of carbonyl (C=O) groups is 2. The number of ketones is 1. The molecule has 1 N–H and O–H groups in total. The van der Waals surface area contributed by atoms with Crippen LogP contribution in [-0.2, 0) is 10.0 Å². The van der Waals surface area contributed by atoms with Gasteiger partial charge in [-0.3, -0.25) is 9.59 Å². The fourth-order valence-electron chi connectivity index (χ4n) is 3.46. The van der Waals surface area contributed by atoms with Crippen molar-refractivity contribution in [3.05, 3.63) is 72.0 Å². The first-order valence-electron chi connectivity index (χ1n) is 9.97. The van der Waals surface area contributed by atoms with Crippen LogP contribution < -0.4 is 5.32 Å². The van der Waals surface area contributed by atoms with Crippen molar-refractivity contribution in [2.75, 3.05) is 18.4 Å². The van der Waals surface area contributed by atoms with Crippen LogP contribution in [0, 0.1) is 0 Å². The van der Waals surface area contributed by atoms with Crippen LogP contribution in [0.15, 0.2) is 70.0 Å². The van der Waals surface area contributed by atoms with Crippen LogP contribution in [0.25, 0.3) is 11.3 Å². The third-order valence-electron chi connectivity index (χ3n) is 5.22. The number of nitrogens with one attached hydrogen (secondary N) is 1. The van der Waals surface area contributed by atoms with Gasteiger partial charge in [-0.05, 0) is 56.2 Å². The molecule has 0 unspecified atom stereocenters. The number of furan rings is 1. The fourth-order valence-corrected chi connectivity index (χ4v) is 4.98. The molecule has 3 aromatic rings. The summed E-state index contributed by atoms with van der Waals surface area (Å²) in [6.07, 6.45) is 1.75. The van der Waals surface area contributed by atoms with Crippen LogP contribution in [0.5, 0.6) is 0 Å². The van der Waals surface area contributed by atoms with Crippen LogP contribution in [-0.4, -0.2) is 37.5 Å².